The number of aryl methyl sites for hydroxylation is 1. The lowest BCUT2D eigenvalue weighted by Gasteiger charge is -2.26. The van der Waals surface area contributed by atoms with Gasteiger partial charge >= 0.3 is 0 Å². The lowest BCUT2D eigenvalue weighted by Crippen LogP contribution is -2.34. The van der Waals surface area contributed by atoms with Crippen molar-refractivity contribution < 1.29 is 17.6 Å². The van der Waals surface area contributed by atoms with Gasteiger partial charge in [-0.25, -0.2) is 17.5 Å². The van der Waals surface area contributed by atoms with E-state index in [2.05, 4.69) is 10.0 Å². The Balaban J connectivity index is 0.00000280. The number of anilines is 1. The van der Waals surface area contributed by atoms with Crippen LogP contribution >= 0.6 is 12.4 Å². The number of nitrogens with one attached hydrogen (secondary N) is 2. The van der Waals surface area contributed by atoms with E-state index in [4.69, 9.17) is 5.73 Å². The summed E-state index contributed by atoms with van der Waals surface area (Å²) in [6, 6.07) is 10.1. The van der Waals surface area contributed by atoms with Crippen LogP contribution in [0.5, 0.6) is 0 Å². The minimum absolute atomic E-state index is 0. The molecule has 152 valence electrons. The van der Waals surface area contributed by atoms with Gasteiger partial charge in [0.05, 0.1) is 10.9 Å². The molecule has 0 heterocycles. The molecule has 0 spiro atoms. The quantitative estimate of drug-likeness (QED) is 0.617. The van der Waals surface area contributed by atoms with Crippen LogP contribution in [-0.4, -0.2) is 20.9 Å². The summed E-state index contributed by atoms with van der Waals surface area (Å²) in [5.74, 6) is -0.741. The predicted molar refractivity (Wildman–Crippen MR) is 108 cm³/mol. The van der Waals surface area contributed by atoms with Crippen LogP contribution in [-0.2, 0) is 21.2 Å². The second kappa shape index (κ2) is 9.36. The van der Waals surface area contributed by atoms with E-state index in [-0.39, 0.29) is 42.2 Å². The molecule has 0 radical (unpaired) electrons. The van der Waals surface area contributed by atoms with Gasteiger partial charge in [-0.3, -0.25) is 4.79 Å². The van der Waals surface area contributed by atoms with E-state index in [1.807, 2.05) is 18.2 Å². The Bertz CT molecular complexity index is 936. The highest BCUT2D eigenvalue weighted by atomic mass is 35.5. The Morgan fingerprint density at radius 1 is 1.18 bits per heavy atom. The van der Waals surface area contributed by atoms with Gasteiger partial charge in [-0.15, -0.1) is 12.4 Å². The number of sulfonamides is 1. The van der Waals surface area contributed by atoms with Gasteiger partial charge < -0.3 is 11.1 Å². The Kier molecular flexibility index (Phi) is 7.40. The zero-order chi connectivity index (χ0) is 19.4. The molecule has 6 nitrogen and oxygen atoms in total. The fraction of sp³-hybridized carbons (Fsp3) is 0.316. The summed E-state index contributed by atoms with van der Waals surface area (Å²) in [6.07, 6.45) is 2.74. The van der Waals surface area contributed by atoms with Gasteiger partial charge in [0.2, 0.25) is 15.9 Å². The summed E-state index contributed by atoms with van der Waals surface area (Å²) >= 11 is 0. The summed E-state index contributed by atoms with van der Waals surface area (Å²) in [7, 11) is -3.77. The highest BCUT2D eigenvalue weighted by Crippen LogP contribution is 2.30. The van der Waals surface area contributed by atoms with Crippen LogP contribution < -0.4 is 15.8 Å². The molecule has 1 amide bonds. The first-order valence-electron chi connectivity index (χ1n) is 8.78. The minimum atomic E-state index is -3.77. The minimum Gasteiger partial charge on any atom is -0.399 e. The van der Waals surface area contributed by atoms with Crippen molar-refractivity contribution in [3.8, 4) is 0 Å². The molecule has 0 saturated heterocycles. The molecule has 0 bridgehead atoms. The number of halogens is 2. The van der Waals surface area contributed by atoms with Gasteiger partial charge in [0.25, 0.3) is 0 Å². The third kappa shape index (κ3) is 5.43. The predicted octanol–water partition coefficient (Wildman–Crippen LogP) is 2.69. The zero-order valence-corrected chi connectivity index (χ0v) is 16.8. The number of carbonyl (C=O) groups excluding carboxylic acids is 1. The van der Waals surface area contributed by atoms with Crippen molar-refractivity contribution >= 4 is 34.0 Å². The molecule has 0 aliphatic heterocycles. The van der Waals surface area contributed by atoms with E-state index in [9.17, 15) is 17.6 Å². The smallest absolute Gasteiger partial charge is 0.240 e. The largest absolute Gasteiger partial charge is 0.399 e. The first-order chi connectivity index (χ1) is 12.8. The van der Waals surface area contributed by atoms with Crippen molar-refractivity contribution in [3.63, 3.8) is 0 Å². The molecule has 28 heavy (non-hydrogen) atoms. The van der Waals surface area contributed by atoms with Crippen LogP contribution in [0.25, 0.3) is 0 Å². The van der Waals surface area contributed by atoms with Crippen molar-refractivity contribution in [2.24, 2.45) is 0 Å². The van der Waals surface area contributed by atoms with Crippen LogP contribution in [0, 0.1) is 5.82 Å². The number of rotatable bonds is 6. The van der Waals surface area contributed by atoms with E-state index in [0.717, 1.165) is 42.5 Å². The lowest BCUT2D eigenvalue weighted by atomic mass is 9.87. The molecule has 3 rings (SSSR count). The van der Waals surface area contributed by atoms with E-state index in [0.29, 0.717) is 5.69 Å². The van der Waals surface area contributed by atoms with Crippen LogP contribution in [0.4, 0.5) is 10.1 Å². The average Bonchev–Trinajstić information content (AvgIpc) is 2.62. The monoisotopic (exact) mass is 427 g/mol. The van der Waals surface area contributed by atoms with Gasteiger partial charge in [0.1, 0.15) is 5.82 Å². The second-order valence-corrected chi connectivity index (χ2v) is 8.34. The zero-order valence-electron chi connectivity index (χ0n) is 15.2. The Labute approximate surface area is 170 Å². The second-order valence-electron chi connectivity index (χ2n) is 6.57. The van der Waals surface area contributed by atoms with Gasteiger partial charge in [-0.2, -0.15) is 0 Å². The molecular formula is C19H23ClFN3O3S. The normalized spacial score (nSPS) is 16.0. The molecule has 0 saturated carbocycles. The lowest BCUT2D eigenvalue weighted by molar-refractivity contribution is -0.121. The maximum absolute atomic E-state index is 12.9. The Morgan fingerprint density at radius 2 is 1.89 bits per heavy atom. The van der Waals surface area contributed by atoms with Crippen LogP contribution in [0.3, 0.4) is 0 Å². The first kappa shape index (κ1) is 22.1. The number of nitrogens with two attached hydrogens (primary N) is 1. The number of amides is 1. The van der Waals surface area contributed by atoms with Crippen molar-refractivity contribution in [2.75, 3.05) is 12.3 Å². The van der Waals surface area contributed by atoms with Crippen molar-refractivity contribution in [1.82, 2.24) is 10.0 Å². The summed E-state index contributed by atoms with van der Waals surface area (Å²) < 4.78 is 39.5. The Morgan fingerprint density at radius 3 is 2.61 bits per heavy atom. The molecule has 1 aliphatic rings. The highest BCUT2D eigenvalue weighted by Gasteiger charge is 2.22. The standard InChI is InChI=1S/C19H22FN3O3S.ClH/c20-14-4-7-16(8-5-14)27(25,26)22-11-10-19(24)23-18-3-1-2-13-12-15(21)6-9-17(13)18;/h4-9,12,18,22H,1-3,10-11,21H2,(H,23,24);1H. The van der Waals surface area contributed by atoms with Crippen LogP contribution in [0.15, 0.2) is 47.4 Å². The van der Waals surface area contributed by atoms with Gasteiger partial charge in [-0.05, 0) is 66.8 Å². The van der Waals surface area contributed by atoms with E-state index in [1.165, 1.54) is 12.1 Å². The van der Waals surface area contributed by atoms with Gasteiger partial charge in [-0.1, -0.05) is 6.07 Å². The molecule has 2 aromatic rings. The number of nitrogen functional groups attached to an aromatic ring is 1. The number of hydrogen-bond donors (Lipinski definition) is 3. The van der Waals surface area contributed by atoms with Crippen LogP contribution in [0.2, 0.25) is 0 Å². The maximum Gasteiger partial charge on any atom is 0.240 e. The molecule has 1 aliphatic carbocycles. The molecule has 2 aromatic carbocycles. The maximum atomic E-state index is 12.9. The molecule has 9 heteroatoms. The summed E-state index contributed by atoms with van der Waals surface area (Å²) in [5, 5.41) is 2.96. The summed E-state index contributed by atoms with van der Waals surface area (Å²) in [4.78, 5) is 12.2. The average molecular weight is 428 g/mol. The van der Waals surface area contributed by atoms with E-state index < -0.39 is 15.8 Å². The van der Waals surface area contributed by atoms with Crippen molar-refractivity contribution in [1.29, 1.82) is 0 Å². The van der Waals surface area contributed by atoms with E-state index >= 15 is 0 Å². The molecule has 1 atom stereocenters. The molecule has 0 fully saturated rings. The molecule has 0 aromatic heterocycles. The van der Waals surface area contributed by atoms with Crippen LogP contribution in [0.1, 0.15) is 36.4 Å². The third-order valence-corrected chi connectivity index (χ3v) is 6.06. The third-order valence-electron chi connectivity index (χ3n) is 4.58. The van der Waals surface area contributed by atoms with Gasteiger partial charge in [0.15, 0.2) is 0 Å². The molecule has 1 unspecified atom stereocenters. The van der Waals surface area contributed by atoms with E-state index in [1.54, 1.807) is 0 Å². The summed E-state index contributed by atoms with van der Waals surface area (Å²) in [5.41, 5.74) is 8.73. The molecule has 4 N–H and O–H groups in total. The fourth-order valence-electron chi connectivity index (χ4n) is 3.25. The topological polar surface area (TPSA) is 101 Å². The SMILES string of the molecule is Cl.Nc1ccc2c(c1)CCCC2NC(=O)CCNS(=O)(=O)c1ccc(F)cc1. The van der Waals surface area contributed by atoms with Crippen molar-refractivity contribution in [2.45, 2.75) is 36.6 Å². The number of fused-ring (bicyclic) bond motifs is 1. The Hall–Kier alpha value is -2.16. The number of benzene rings is 2. The first-order valence-corrected chi connectivity index (χ1v) is 10.3. The fourth-order valence-corrected chi connectivity index (χ4v) is 4.28. The number of hydrogen-bond acceptors (Lipinski definition) is 4. The number of carbonyl (C=O) groups is 1. The summed E-state index contributed by atoms with van der Waals surface area (Å²) in [6.45, 7) is -0.0349. The highest BCUT2D eigenvalue weighted by molar-refractivity contribution is 7.89. The van der Waals surface area contributed by atoms with Crippen molar-refractivity contribution in [3.05, 3.63) is 59.4 Å². The molecular weight excluding hydrogens is 405 g/mol. The van der Waals surface area contributed by atoms with Gasteiger partial charge in [0, 0.05) is 18.7 Å².